The molecule has 1 aromatic carbocycles. The van der Waals surface area contributed by atoms with Crippen molar-refractivity contribution in [3.05, 3.63) is 34.4 Å². The molecular formula is C14H18N2O. The lowest BCUT2D eigenvalue weighted by Gasteiger charge is -2.09. The standard InChI is InChI=1S/C14H18N2O/c1-5-11-13(17-16-14(11)15)12-9(3)6-8(2)7-10(12)4/h6-7H,5H2,1-4H3,(H2,15,16). The van der Waals surface area contributed by atoms with Gasteiger partial charge in [-0.3, -0.25) is 0 Å². The van der Waals surface area contributed by atoms with E-state index in [4.69, 9.17) is 10.3 Å². The van der Waals surface area contributed by atoms with Crippen molar-refractivity contribution in [1.29, 1.82) is 0 Å². The van der Waals surface area contributed by atoms with Gasteiger partial charge in [-0.25, -0.2) is 0 Å². The predicted molar refractivity (Wildman–Crippen MR) is 69.9 cm³/mol. The summed E-state index contributed by atoms with van der Waals surface area (Å²) in [4.78, 5) is 0. The third-order valence-corrected chi connectivity index (χ3v) is 3.08. The lowest BCUT2D eigenvalue weighted by molar-refractivity contribution is 0.434. The number of nitrogens with zero attached hydrogens (tertiary/aromatic N) is 1. The van der Waals surface area contributed by atoms with E-state index in [0.29, 0.717) is 5.82 Å². The Balaban J connectivity index is 2.68. The monoisotopic (exact) mass is 230 g/mol. The first-order chi connectivity index (χ1) is 8.04. The van der Waals surface area contributed by atoms with Gasteiger partial charge in [0.1, 0.15) is 0 Å². The minimum atomic E-state index is 0.502. The second-order valence-electron chi connectivity index (χ2n) is 4.50. The molecule has 0 aliphatic rings. The number of nitrogen functional groups attached to an aromatic ring is 1. The molecule has 90 valence electrons. The number of hydrogen-bond acceptors (Lipinski definition) is 3. The Morgan fingerprint density at radius 1 is 1.18 bits per heavy atom. The number of hydrogen-bond donors (Lipinski definition) is 1. The van der Waals surface area contributed by atoms with Crippen molar-refractivity contribution >= 4 is 5.82 Å². The zero-order valence-electron chi connectivity index (χ0n) is 10.8. The number of rotatable bonds is 2. The molecule has 0 fully saturated rings. The van der Waals surface area contributed by atoms with E-state index in [-0.39, 0.29) is 0 Å². The lowest BCUT2D eigenvalue weighted by Crippen LogP contribution is -1.94. The highest BCUT2D eigenvalue weighted by molar-refractivity contribution is 5.72. The van der Waals surface area contributed by atoms with Gasteiger partial charge in [-0.2, -0.15) is 0 Å². The van der Waals surface area contributed by atoms with Crippen LogP contribution in [0.2, 0.25) is 0 Å². The van der Waals surface area contributed by atoms with E-state index in [1.807, 2.05) is 0 Å². The van der Waals surface area contributed by atoms with Crippen molar-refractivity contribution in [2.45, 2.75) is 34.1 Å². The van der Waals surface area contributed by atoms with Crippen molar-refractivity contribution < 1.29 is 4.52 Å². The summed E-state index contributed by atoms with van der Waals surface area (Å²) in [6, 6.07) is 4.31. The SMILES string of the molecule is CCc1c(N)noc1-c1c(C)cc(C)cc1C. The molecule has 0 saturated carbocycles. The first-order valence-electron chi connectivity index (χ1n) is 5.86. The second-order valence-corrected chi connectivity index (χ2v) is 4.50. The number of aryl methyl sites for hydroxylation is 3. The molecule has 0 saturated heterocycles. The van der Waals surface area contributed by atoms with Crippen LogP contribution in [0.3, 0.4) is 0 Å². The van der Waals surface area contributed by atoms with Gasteiger partial charge in [0, 0.05) is 11.1 Å². The Morgan fingerprint density at radius 2 is 1.76 bits per heavy atom. The van der Waals surface area contributed by atoms with Crippen LogP contribution in [0.15, 0.2) is 16.7 Å². The van der Waals surface area contributed by atoms with Crippen molar-refractivity contribution in [2.75, 3.05) is 5.73 Å². The highest BCUT2D eigenvalue weighted by atomic mass is 16.5. The lowest BCUT2D eigenvalue weighted by atomic mass is 9.95. The molecule has 0 aliphatic heterocycles. The summed E-state index contributed by atoms with van der Waals surface area (Å²) in [5.74, 6) is 1.32. The Morgan fingerprint density at radius 3 is 2.29 bits per heavy atom. The van der Waals surface area contributed by atoms with Crippen LogP contribution in [-0.2, 0) is 6.42 Å². The van der Waals surface area contributed by atoms with E-state index in [2.05, 4.69) is 45.0 Å². The minimum Gasteiger partial charge on any atom is -0.381 e. The Bertz CT molecular complexity index is 532. The number of anilines is 1. The molecule has 0 amide bonds. The van der Waals surface area contributed by atoms with Crippen molar-refractivity contribution in [3.8, 4) is 11.3 Å². The summed E-state index contributed by atoms with van der Waals surface area (Å²) in [7, 11) is 0. The Kier molecular flexibility index (Phi) is 2.92. The number of nitrogens with two attached hydrogens (primary N) is 1. The molecule has 1 aromatic heterocycles. The fourth-order valence-corrected chi connectivity index (χ4v) is 2.40. The van der Waals surface area contributed by atoms with Gasteiger partial charge in [0.2, 0.25) is 0 Å². The van der Waals surface area contributed by atoms with E-state index in [9.17, 15) is 0 Å². The summed E-state index contributed by atoms with van der Waals surface area (Å²) in [6.45, 7) is 8.34. The van der Waals surface area contributed by atoms with Crippen LogP contribution in [0.4, 0.5) is 5.82 Å². The maximum atomic E-state index is 5.81. The molecule has 0 radical (unpaired) electrons. The maximum Gasteiger partial charge on any atom is 0.172 e. The van der Waals surface area contributed by atoms with E-state index >= 15 is 0 Å². The van der Waals surface area contributed by atoms with Crippen LogP contribution in [-0.4, -0.2) is 5.16 Å². The molecule has 1 heterocycles. The molecule has 2 N–H and O–H groups in total. The highest BCUT2D eigenvalue weighted by Gasteiger charge is 2.17. The molecule has 0 unspecified atom stereocenters. The van der Waals surface area contributed by atoms with Crippen molar-refractivity contribution in [3.63, 3.8) is 0 Å². The normalized spacial score (nSPS) is 10.8. The van der Waals surface area contributed by atoms with Crippen LogP contribution in [0.25, 0.3) is 11.3 Å². The van der Waals surface area contributed by atoms with Gasteiger partial charge in [0.15, 0.2) is 11.6 Å². The fourth-order valence-electron chi connectivity index (χ4n) is 2.40. The van der Waals surface area contributed by atoms with Gasteiger partial charge in [0.05, 0.1) is 0 Å². The molecule has 2 aromatic rings. The van der Waals surface area contributed by atoms with Gasteiger partial charge in [0.25, 0.3) is 0 Å². The van der Waals surface area contributed by atoms with Crippen LogP contribution < -0.4 is 5.73 Å². The average molecular weight is 230 g/mol. The molecule has 0 atom stereocenters. The van der Waals surface area contributed by atoms with Crippen molar-refractivity contribution in [2.24, 2.45) is 0 Å². The highest BCUT2D eigenvalue weighted by Crippen LogP contribution is 2.33. The zero-order valence-corrected chi connectivity index (χ0v) is 10.8. The van der Waals surface area contributed by atoms with Gasteiger partial charge in [-0.15, -0.1) is 0 Å². The number of benzene rings is 1. The van der Waals surface area contributed by atoms with E-state index < -0.39 is 0 Å². The largest absolute Gasteiger partial charge is 0.381 e. The summed E-state index contributed by atoms with van der Waals surface area (Å²) >= 11 is 0. The van der Waals surface area contributed by atoms with Crippen LogP contribution in [0.1, 0.15) is 29.2 Å². The fraction of sp³-hybridized carbons (Fsp3) is 0.357. The zero-order chi connectivity index (χ0) is 12.6. The van der Waals surface area contributed by atoms with E-state index in [1.165, 1.54) is 16.7 Å². The first kappa shape index (κ1) is 11.7. The Labute approximate surface area is 102 Å². The van der Waals surface area contributed by atoms with E-state index in [1.54, 1.807) is 0 Å². The van der Waals surface area contributed by atoms with Gasteiger partial charge < -0.3 is 10.3 Å². The summed E-state index contributed by atoms with van der Waals surface area (Å²) in [5.41, 5.74) is 11.6. The summed E-state index contributed by atoms with van der Waals surface area (Å²) in [6.07, 6.45) is 0.831. The van der Waals surface area contributed by atoms with Crippen LogP contribution >= 0.6 is 0 Å². The van der Waals surface area contributed by atoms with Gasteiger partial charge in [-0.1, -0.05) is 29.8 Å². The number of aromatic nitrogens is 1. The Hall–Kier alpha value is -1.77. The van der Waals surface area contributed by atoms with Gasteiger partial charge >= 0.3 is 0 Å². The first-order valence-corrected chi connectivity index (χ1v) is 5.86. The molecule has 0 spiro atoms. The molecular weight excluding hydrogens is 212 g/mol. The van der Waals surface area contributed by atoms with Crippen LogP contribution in [0.5, 0.6) is 0 Å². The molecule has 17 heavy (non-hydrogen) atoms. The molecule has 0 aliphatic carbocycles. The van der Waals surface area contributed by atoms with Crippen LogP contribution in [0, 0.1) is 20.8 Å². The predicted octanol–water partition coefficient (Wildman–Crippen LogP) is 3.41. The minimum absolute atomic E-state index is 0.502. The molecule has 2 rings (SSSR count). The molecule has 3 heteroatoms. The van der Waals surface area contributed by atoms with E-state index in [0.717, 1.165) is 23.3 Å². The second kappa shape index (κ2) is 4.24. The third-order valence-electron chi connectivity index (χ3n) is 3.08. The topological polar surface area (TPSA) is 52.0 Å². The smallest absolute Gasteiger partial charge is 0.172 e. The molecule has 0 bridgehead atoms. The van der Waals surface area contributed by atoms with Crippen molar-refractivity contribution in [1.82, 2.24) is 5.16 Å². The quantitative estimate of drug-likeness (QED) is 0.860. The summed E-state index contributed by atoms with van der Waals surface area (Å²) < 4.78 is 5.40. The molecule has 3 nitrogen and oxygen atoms in total. The third kappa shape index (κ3) is 1.93. The van der Waals surface area contributed by atoms with Gasteiger partial charge in [-0.05, 0) is 38.3 Å². The average Bonchev–Trinajstić information content (AvgIpc) is 2.58. The maximum absolute atomic E-state index is 5.81. The summed E-state index contributed by atoms with van der Waals surface area (Å²) in [5, 5.41) is 3.87.